The number of nitrogens with zero attached hydrogens (tertiary/aromatic N) is 4. The maximum absolute atomic E-state index is 13.2. The molecule has 4 rings (SSSR count). The highest BCUT2D eigenvalue weighted by molar-refractivity contribution is 5.95. The fraction of sp³-hybridized carbons (Fsp3) is 0.476. The Hall–Kier alpha value is -2.51. The van der Waals surface area contributed by atoms with Crippen LogP contribution in [0.25, 0.3) is 11.1 Å². The zero-order chi connectivity index (χ0) is 19.3. The molecule has 2 saturated heterocycles. The molecule has 1 atom stereocenters. The van der Waals surface area contributed by atoms with Gasteiger partial charge < -0.3 is 15.4 Å². The van der Waals surface area contributed by atoms with Crippen LogP contribution in [0.3, 0.4) is 0 Å². The van der Waals surface area contributed by atoms with Crippen LogP contribution in [0.4, 0.5) is 5.95 Å². The van der Waals surface area contributed by atoms with Crippen molar-refractivity contribution < 1.29 is 9.53 Å². The standard InChI is InChI=1S/C21H27N5O2/c22-21-23-13-18(14-24-21)16-4-6-17(7-5-16)20(27)26-8-2-1-3-19(26)15-25-9-11-28-12-10-25/h4-7,13-14,19H,1-3,8-12,15H2,(H2,22,23,24). The van der Waals surface area contributed by atoms with Crippen molar-refractivity contribution in [2.75, 3.05) is 45.1 Å². The molecule has 0 aliphatic carbocycles. The Kier molecular flexibility index (Phi) is 5.83. The summed E-state index contributed by atoms with van der Waals surface area (Å²) < 4.78 is 5.45. The lowest BCUT2D eigenvalue weighted by Gasteiger charge is -2.39. The molecule has 3 heterocycles. The lowest BCUT2D eigenvalue weighted by atomic mass is 9.99. The van der Waals surface area contributed by atoms with Gasteiger partial charge in [-0.2, -0.15) is 0 Å². The first kappa shape index (κ1) is 18.8. The van der Waals surface area contributed by atoms with Crippen LogP contribution in [-0.2, 0) is 4.74 Å². The van der Waals surface area contributed by atoms with Crippen LogP contribution < -0.4 is 5.73 Å². The van der Waals surface area contributed by atoms with Crippen molar-refractivity contribution in [3.63, 3.8) is 0 Å². The van der Waals surface area contributed by atoms with E-state index in [4.69, 9.17) is 10.5 Å². The average molecular weight is 381 g/mol. The quantitative estimate of drug-likeness (QED) is 0.873. The van der Waals surface area contributed by atoms with Crippen molar-refractivity contribution in [2.24, 2.45) is 0 Å². The second kappa shape index (κ2) is 8.67. The molecule has 2 aliphatic heterocycles. The molecule has 0 saturated carbocycles. The molecule has 2 N–H and O–H groups in total. The van der Waals surface area contributed by atoms with Crippen molar-refractivity contribution in [1.29, 1.82) is 0 Å². The van der Waals surface area contributed by atoms with E-state index in [1.165, 1.54) is 6.42 Å². The molecule has 0 spiro atoms. The van der Waals surface area contributed by atoms with Crippen LogP contribution in [-0.4, -0.2) is 71.1 Å². The summed E-state index contributed by atoms with van der Waals surface area (Å²) in [7, 11) is 0. The fourth-order valence-corrected chi connectivity index (χ4v) is 4.00. The van der Waals surface area contributed by atoms with Gasteiger partial charge in [-0.15, -0.1) is 0 Å². The van der Waals surface area contributed by atoms with Gasteiger partial charge in [0.2, 0.25) is 5.95 Å². The van der Waals surface area contributed by atoms with E-state index in [1.807, 2.05) is 24.3 Å². The molecule has 2 aliphatic rings. The summed E-state index contributed by atoms with van der Waals surface area (Å²) in [6.45, 7) is 5.26. The maximum Gasteiger partial charge on any atom is 0.254 e. The van der Waals surface area contributed by atoms with E-state index in [1.54, 1.807) is 12.4 Å². The van der Waals surface area contributed by atoms with Gasteiger partial charge in [0, 0.05) is 55.7 Å². The number of carbonyl (C=O) groups excluding carboxylic acids is 1. The van der Waals surface area contributed by atoms with Crippen LogP contribution >= 0.6 is 0 Å². The van der Waals surface area contributed by atoms with Crippen LogP contribution in [0.2, 0.25) is 0 Å². The van der Waals surface area contributed by atoms with Crippen LogP contribution in [0, 0.1) is 0 Å². The molecule has 1 aromatic heterocycles. The van der Waals surface area contributed by atoms with E-state index in [2.05, 4.69) is 19.8 Å². The molecular formula is C21H27N5O2. The summed E-state index contributed by atoms with van der Waals surface area (Å²) in [5, 5.41) is 0. The number of hydrogen-bond donors (Lipinski definition) is 1. The first-order valence-electron chi connectivity index (χ1n) is 10.00. The predicted octanol–water partition coefficient (Wildman–Crippen LogP) is 2.05. The molecule has 2 fully saturated rings. The molecule has 148 valence electrons. The van der Waals surface area contributed by atoms with E-state index in [9.17, 15) is 4.79 Å². The van der Waals surface area contributed by atoms with E-state index in [0.717, 1.165) is 68.9 Å². The topological polar surface area (TPSA) is 84.6 Å². The number of likely N-dealkylation sites (tertiary alicyclic amines) is 1. The molecule has 7 heteroatoms. The molecule has 7 nitrogen and oxygen atoms in total. The molecule has 1 amide bonds. The Morgan fingerprint density at radius 2 is 1.75 bits per heavy atom. The van der Waals surface area contributed by atoms with Crippen LogP contribution in [0.1, 0.15) is 29.6 Å². The molecule has 1 aromatic carbocycles. The Labute approximate surface area is 165 Å². The Morgan fingerprint density at radius 3 is 2.46 bits per heavy atom. The lowest BCUT2D eigenvalue weighted by Crippen LogP contribution is -2.51. The third kappa shape index (κ3) is 4.31. The Balaban J connectivity index is 1.46. The van der Waals surface area contributed by atoms with Crippen molar-refractivity contribution >= 4 is 11.9 Å². The second-order valence-electron chi connectivity index (χ2n) is 7.47. The summed E-state index contributed by atoms with van der Waals surface area (Å²) in [5.74, 6) is 0.380. The summed E-state index contributed by atoms with van der Waals surface area (Å²) in [6, 6.07) is 7.97. The molecule has 0 radical (unpaired) electrons. The normalized spacial score (nSPS) is 20.9. The number of nitrogens with two attached hydrogens (primary N) is 1. The minimum Gasteiger partial charge on any atom is -0.379 e. The zero-order valence-electron chi connectivity index (χ0n) is 16.1. The minimum absolute atomic E-state index is 0.123. The lowest BCUT2D eigenvalue weighted by molar-refractivity contribution is 0.0166. The zero-order valence-corrected chi connectivity index (χ0v) is 16.1. The third-order valence-electron chi connectivity index (χ3n) is 5.60. The SMILES string of the molecule is Nc1ncc(-c2ccc(C(=O)N3CCCCC3CN3CCOCC3)cc2)cn1. The summed E-state index contributed by atoms with van der Waals surface area (Å²) in [6.07, 6.45) is 6.73. The Morgan fingerprint density at radius 1 is 1.04 bits per heavy atom. The first-order chi connectivity index (χ1) is 13.7. The number of rotatable bonds is 4. The van der Waals surface area contributed by atoms with Crippen molar-refractivity contribution in [1.82, 2.24) is 19.8 Å². The fourth-order valence-electron chi connectivity index (χ4n) is 4.00. The van der Waals surface area contributed by atoms with Gasteiger partial charge in [-0.05, 0) is 37.0 Å². The number of amides is 1. The number of aromatic nitrogens is 2. The highest BCUT2D eigenvalue weighted by Gasteiger charge is 2.29. The van der Waals surface area contributed by atoms with Gasteiger partial charge in [0.1, 0.15) is 0 Å². The highest BCUT2D eigenvalue weighted by atomic mass is 16.5. The van der Waals surface area contributed by atoms with Gasteiger partial charge in [-0.25, -0.2) is 9.97 Å². The largest absolute Gasteiger partial charge is 0.379 e. The van der Waals surface area contributed by atoms with Crippen molar-refractivity contribution in [2.45, 2.75) is 25.3 Å². The second-order valence-corrected chi connectivity index (χ2v) is 7.47. The minimum atomic E-state index is 0.123. The smallest absolute Gasteiger partial charge is 0.254 e. The monoisotopic (exact) mass is 381 g/mol. The Bertz CT molecular complexity index is 787. The number of morpholine rings is 1. The molecule has 28 heavy (non-hydrogen) atoms. The van der Waals surface area contributed by atoms with Crippen LogP contribution in [0.15, 0.2) is 36.7 Å². The predicted molar refractivity (Wildman–Crippen MR) is 108 cm³/mol. The van der Waals surface area contributed by atoms with Gasteiger partial charge in [0.25, 0.3) is 5.91 Å². The summed E-state index contributed by atoms with van der Waals surface area (Å²) in [5.41, 5.74) is 8.14. The summed E-state index contributed by atoms with van der Waals surface area (Å²) >= 11 is 0. The number of benzene rings is 1. The summed E-state index contributed by atoms with van der Waals surface area (Å²) in [4.78, 5) is 25.7. The number of ether oxygens (including phenoxy) is 1. The number of anilines is 1. The molecular weight excluding hydrogens is 354 g/mol. The molecule has 0 bridgehead atoms. The van der Waals surface area contributed by atoms with Gasteiger partial charge in [-0.1, -0.05) is 12.1 Å². The van der Waals surface area contributed by atoms with Gasteiger partial charge in [0.15, 0.2) is 0 Å². The van der Waals surface area contributed by atoms with Crippen molar-refractivity contribution in [3.8, 4) is 11.1 Å². The van der Waals surface area contributed by atoms with Gasteiger partial charge in [0.05, 0.1) is 13.2 Å². The number of nitrogen functional groups attached to an aromatic ring is 1. The third-order valence-corrected chi connectivity index (χ3v) is 5.60. The highest BCUT2D eigenvalue weighted by Crippen LogP contribution is 2.23. The average Bonchev–Trinajstić information content (AvgIpc) is 2.75. The number of carbonyl (C=O) groups is 1. The van der Waals surface area contributed by atoms with E-state index < -0.39 is 0 Å². The number of hydrogen-bond acceptors (Lipinski definition) is 6. The first-order valence-corrected chi connectivity index (χ1v) is 10.00. The van der Waals surface area contributed by atoms with Crippen LogP contribution in [0.5, 0.6) is 0 Å². The van der Waals surface area contributed by atoms with Gasteiger partial charge in [-0.3, -0.25) is 9.69 Å². The van der Waals surface area contributed by atoms with Crippen molar-refractivity contribution in [3.05, 3.63) is 42.2 Å². The van der Waals surface area contributed by atoms with Gasteiger partial charge >= 0.3 is 0 Å². The maximum atomic E-state index is 13.2. The van der Waals surface area contributed by atoms with E-state index in [0.29, 0.717) is 0 Å². The number of piperidine rings is 1. The molecule has 2 aromatic rings. The van der Waals surface area contributed by atoms with E-state index >= 15 is 0 Å². The molecule has 1 unspecified atom stereocenters. The van der Waals surface area contributed by atoms with E-state index in [-0.39, 0.29) is 17.9 Å².